The lowest BCUT2D eigenvalue weighted by molar-refractivity contribution is -0.137. The zero-order chi connectivity index (χ0) is 22.6. The van der Waals surface area contributed by atoms with Crippen LogP contribution in [0.25, 0.3) is 16.8 Å². The number of hydrogen-bond donors (Lipinski definition) is 4. The number of rotatable bonds is 5. The predicted molar refractivity (Wildman–Crippen MR) is 104 cm³/mol. The molecule has 0 spiro atoms. The molecule has 13 heteroatoms. The van der Waals surface area contributed by atoms with Crippen molar-refractivity contribution in [3.05, 3.63) is 54.2 Å². The highest BCUT2D eigenvalue weighted by molar-refractivity contribution is 5.95. The first kappa shape index (κ1) is 21.7. The lowest BCUT2D eigenvalue weighted by Gasteiger charge is -2.13. The molecule has 5 N–H and O–H groups in total. The molecule has 162 valence electrons. The van der Waals surface area contributed by atoms with E-state index in [1.54, 1.807) is 6.92 Å². The number of nitrogens with one attached hydrogen (secondary N) is 3. The maximum Gasteiger partial charge on any atom is 0.419 e. The number of nitrogens with zero attached hydrogens (tertiary/aromatic N) is 4. The Labute approximate surface area is 173 Å². The van der Waals surface area contributed by atoms with E-state index >= 15 is 0 Å². The summed E-state index contributed by atoms with van der Waals surface area (Å²) in [6, 6.07) is 2.27. The van der Waals surface area contributed by atoms with Crippen LogP contribution in [-0.2, 0) is 6.18 Å². The second-order valence-electron chi connectivity index (χ2n) is 6.18. The van der Waals surface area contributed by atoms with E-state index in [1.807, 2.05) is 5.43 Å². The van der Waals surface area contributed by atoms with Gasteiger partial charge in [0, 0.05) is 48.5 Å². The van der Waals surface area contributed by atoms with Gasteiger partial charge in [-0.3, -0.25) is 20.5 Å². The number of urea groups is 1. The SMILES string of the molecule is CCNC(=O)Nc1cc(-n2cc(C(F)(F)F)cn2)c(-c2cncc(C(=O)NN)c2)cn1. The molecule has 0 aliphatic rings. The normalized spacial score (nSPS) is 11.1. The molecule has 0 aliphatic heterocycles. The Bertz CT molecular complexity index is 1110. The standard InChI is InChI=1S/C18H17F3N8O2/c1-2-24-17(31)27-15-4-14(29-9-12(7-26-29)18(19,20)21)13(8-25-15)10-3-11(6-23-5-10)16(30)28-22/h3-9H,2,22H2,1H3,(H,28,30)(H2,24,25,27,31). The summed E-state index contributed by atoms with van der Waals surface area (Å²) in [6.45, 7) is 2.09. The van der Waals surface area contributed by atoms with Gasteiger partial charge in [0.25, 0.3) is 5.91 Å². The maximum atomic E-state index is 13.1. The average Bonchev–Trinajstić information content (AvgIpc) is 3.24. The monoisotopic (exact) mass is 434 g/mol. The van der Waals surface area contributed by atoms with E-state index in [0.29, 0.717) is 23.9 Å². The van der Waals surface area contributed by atoms with Crippen molar-refractivity contribution in [2.75, 3.05) is 11.9 Å². The van der Waals surface area contributed by atoms with Crippen LogP contribution >= 0.6 is 0 Å². The first-order chi connectivity index (χ1) is 14.7. The summed E-state index contributed by atoms with van der Waals surface area (Å²) in [5.74, 6) is 4.62. The van der Waals surface area contributed by atoms with Crippen LogP contribution in [-0.4, -0.2) is 38.2 Å². The molecule has 3 rings (SSSR count). The fourth-order valence-corrected chi connectivity index (χ4v) is 2.64. The van der Waals surface area contributed by atoms with Crippen LogP contribution < -0.4 is 21.9 Å². The molecule has 3 aromatic heterocycles. The first-order valence-corrected chi connectivity index (χ1v) is 8.86. The quantitative estimate of drug-likeness (QED) is 0.275. The smallest absolute Gasteiger partial charge is 0.338 e. The molecule has 3 aromatic rings. The van der Waals surface area contributed by atoms with Crippen molar-refractivity contribution in [1.82, 2.24) is 30.5 Å². The van der Waals surface area contributed by atoms with Crippen LogP contribution in [0.5, 0.6) is 0 Å². The van der Waals surface area contributed by atoms with Crippen LogP contribution in [0.15, 0.2) is 43.1 Å². The molecular weight excluding hydrogens is 417 g/mol. The second-order valence-corrected chi connectivity index (χ2v) is 6.18. The molecule has 0 bridgehead atoms. The number of hydrogen-bond acceptors (Lipinski definition) is 6. The zero-order valence-corrected chi connectivity index (χ0v) is 16.1. The van der Waals surface area contributed by atoms with Crippen molar-refractivity contribution in [2.45, 2.75) is 13.1 Å². The van der Waals surface area contributed by atoms with Crippen LogP contribution in [0.4, 0.5) is 23.8 Å². The fourth-order valence-electron chi connectivity index (χ4n) is 2.64. The number of aromatic nitrogens is 4. The zero-order valence-electron chi connectivity index (χ0n) is 16.1. The Morgan fingerprint density at radius 3 is 2.58 bits per heavy atom. The van der Waals surface area contributed by atoms with E-state index in [9.17, 15) is 22.8 Å². The lowest BCUT2D eigenvalue weighted by atomic mass is 10.1. The van der Waals surface area contributed by atoms with Gasteiger partial charge < -0.3 is 5.32 Å². The molecule has 0 fully saturated rings. The topological polar surface area (TPSA) is 140 Å². The van der Waals surface area contributed by atoms with Crippen molar-refractivity contribution in [3.63, 3.8) is 0 Å². The highest BCUT2D eigenvalue weighted by Gasteiger charge is 2.32. The van der Waals surface area contributed by atoms with Gasteiger partial charge in [-0.15, -0.1) is 0 Å². The van der Waals surface area contributed by atoms with E-state index in [4.69, 9.17) is 5.84 Å². The molecule has 0 unspecified atom stereocenters. The van der Waals surface area contributed by atoms with Crippen molar-refractivity contribution in [3.8, 4) is 16.8 Å². The number of halogens is 3. The molecule has 0 aliphatic carbocycles. The summed E-state index contributed by atoms with van der Waals surface area (Å²) in [5, 5.41) is 8.80. The Morgan fingerprint density at radius 2 is 1.94 bits per heavy atom. The van der Waals surface area contributed by atoms with Gasteiger partial charge >= 0.3 is 12.2 Å². The lowest BCUT2D eigenvalue weighted by Crippen LogP contribution is -2.30. The number of nitrogens with two attached hydrogens (primary N) is 1. The van der Waals surface area contributed by atoms with E-state index < -0.39 is 23.7 Å². The minimum Gasteiger partial charge on any atom is -0.338 e. The Balaban J connectivity index is 2.11. The summed E-state index contributed by atoms with van der Waals surface area (Å²) in [7, 11) is 0. The number of amides is 3. The summed E-state index contributed by atoms with van der Waals surface area (Å²) >= 11 is 0. The van der Waals surface area contributed by atoms with Gasteiger partial charge in [0.05, 0.1) is 23.0 Å². The van der Waals surface area contributed by atoms with E-state index in [2.05, 4.69) is 25.7 Å². The third-order valence-electron chi connectivity index (χ3n) is 4.06. The molecule has 0 radical (unpaired) electrons. The van der Waals surface area contributed by atoms with Gasteiger partial charge in [-0.2, -0.15) is 18.3 Å². The highest BCUT2D eigenvalue weighted by Crippen LogP contribution is 2.32. The van der Waals surface area contributed by atoms with Crippen LogP contribution in [0.1, 0.15) is 22.8 Å². The van der Waals surface area contributed by atoms with Crippen molar-refractivity contribution >= 4 is 17.8 Å². The summed E-state index contributed by atoms with van der Waals surface area (Å²) in [6.07, 6.45) is 0.899. The summed E-state index contributed by atoms with van der Waals surface area (Å²) in [5.41, 5.74) is 2.01. The van der Waals surface area contributed by atoms with Crippen molar-refractivity contribution < 1.29 is 22.8 Å². The van der Waals surface area contributed by atoms with E-state index in [-0.39, 0.29) is 17.1 Å². The Hall–Kier alpha value is -4.00. The van der Waals surface area contributed by atoms with E-state index in [1.165, 1.54) is 30.7 Å². The Kier molecular flexibility index (Phi) is 6.15. The molecule has 0 saturated carbocycles. The highest BCUT2D eigenvalue weighted by atomic mass is 19.4. The van der Waals surface area contributed by atoms with Crippen LogP contribution in [0.3, 0.4) is 0 Å². The number of pyridine rings is 2. The molecule has 3 amide bonds. The number of carbonyl (C=O) groups is 2. The van der Waals surface area contributed by atoms with E-state index in [0.717, 1.165) is 10.9 Å². The molecular formula is C18H17F3N8O2. The first-order valence-electron chi connectivity index (χ1n) is 8.86. The predicted octanol–water partition coefficient (Wildman–Crippen LogP) is 2.09. The van der Waals surface area contributed by atoms with Crippen molar-refractivity contribution in [2.24, 2.45) is 5.84 Å². The average molecular weight is 434 g/mol. The molecule has 3 heterocycles. The largest absolute Gasteiger partial charge is 0.419 e. The number of anilines is 1. The summed E-state index contributed by atoms with van der Waals surface area (Å²) in [4.78, 5) is 31.7. The number of hydrazine groups is 1. The maximum absolute atomic E-state index is 13.1. The third kappa shape index (κ3) is 4.95. The van der Waals surface area contributed by atoms with Crippen LogP contribution in [0, 0.1) is 0 Å². The van der Waals surface area contributed by atoms with Gasteiger partial charge in [0.15, 0.2) is 0 Å². The molecule has 0 saturated heterocycles. The van der Waals surface area contributed by atoms with Crippen molar-refractivity contribution in [1.29, 1.82) is 0 Å². The second kappa shape index (κ2) is 8.79. The number of alkyl halides is 3. The van der Waals surface area contributed by atoms with Gasteiger partial charge in [-0.1, -0.05) is 0 Å². The fraction of sp³-hybridized carbons (Fsp3) is 0.167. The third-order valence-corrected chi connectivity index (χ3v) is 4.06. The number of carbonyl (C=O) groups excluding carboxylic acids is 2. The number of nitrogen functional groups attached to an aromatic ring is 1. The Morgan fingerprint density at radius 1 is 1.16 bits per heavy atom. The summed E-state index contributed by atoms with van der Waals surface area (Å²) < 4.78 is 40.2. The minimum absolute atomic E-state index is 0.0811. The van der Waals surface area contributed by atoms with Gasteiger partial charge in [-0.05, 0) is 13.0 Å². The van der Waals surface area contributed by atoms with Crippen LogP contribution in [0.2, 0.25) is 0 Å². The molecule has 10 nitrogen and oxygen atoms in total. The minimum atomic E-state index is -4.59. The van der Waals surface area contributed by atoms with Gasteiger partial charge in [0.2, 0.25) is 0 Å². The molecule has 31 heavy (non-hydrogen) atoms. The van der Waals surface area contributed by atoms with Gasteiger partial charge in [-0.25, -0.2) is 20.3 Å². The molecule has 0 aromatic carbocycles. The van der Waals surface area contributed by atoms with Gasteiger partial charge in [0.1, 0.15) is 5.82 Å². The molecule has 0 atom stereocenters.